The Bertz CT molecular complexity index is 1310. The van der Waals surface area contributed by atoms with Gasteiger partial charge in [0.05, 0.1) is 11.5 Å². The first-order valence-electron chi connectivity index (χ1n) is 10.5. The lowest BCUT2D eigenvalue weighted by Crippen LogP contribution is -2.22. The van der Waals surface area contributed by atoms with E-state index in [2.05, 4.69) is 16.4 Å². The summed E-state index contributed by atoms with van der Waals surface area (Å²) in [5.74, 6) is -0.188. The molecule has 1 aromatic heterocycles. The zero-order valence-corrected chi connectivity index (χ0v) is 18.9. The van der Waals surface area contributed by atoms with Crippen molar-refractivity contribution in [2.75, 3.05) is 7.11 Å². The SMILES string of the molecule is COCc1cccc(C(=O)NCc2cccc(-c3ccc(Cc4sc(=O)[nH]c4O)cc3)c2)c1. The number of amides is 1. The molecule has 0 radical (unpaired) electrons. The molecule has 3 aromatic carbocycles. The second-order valence-electron chi connectivity index (χ2n) is 7.68. The molecule has 1 amide bonds. The minimum absolute atomic E-state index is 0.0609. The second-order valence-corrected chi connectivity index (χ2v) is 8.74. The average Bonchev–Trinajstić information content (AvgIpc) is 3.15. The van der Waals surface area contributed by atoms with E-state index in [1.54, 1.807) is 13.2 Å². The fourth-order valence-corrected chi connectivity index (χ4v) is 4.34. The maximum absolute atomic E-state index is 12.6. The van der Waals surface area contributed by atoms with Crippen molar-refractivity contribution in [2.45, 2.75) is 19.6 Å². The van der Waals surface area contributed by atoms with Crippen molar-refractivity contribution in [2.24, 2.45) is 0 Å². The quantitative estimate of drug-likeness (QED) is 0.362. The molecule has 0 fully saturated rings. The summed E-state index contributed by atoms with van der Waals surface area (Å²) in [6, 6.07) is 23.4. The number of ether oxygens (including phenoxy) is 1. The number of methoxy groups -OCH3 is 1. The molecular weight excluding hydrogens is 436 g/mol. The monoisotopic (exact) mass is 460 g/mol. The zero-order chi connectivity index (χ0) is 23.2. The van der Waals surface area contributed by atoms with Gasteiger partial charge in [0.2, 0.25) is 5.88 Å². The number of aromatic hydroxyl groups is 1. The van der Waals surface area contributed by atoms with Gasteiger partial charge in [0, 0.05) is 25.6 Å². The number of carbonyl (C=O) groups is 1. The van der Waals surface area contributed by atoms with E-state index in [1.165, 1.54) is 0 Å². The Kier molecular flexibility index (Phi) is 7.02. The van der Waals surface area contributed by atoms with Gasteiger partial charge in [-0.1, -0.05) is 65.9 Å². The molecule has 3 N–H and O–H groups in total. The van der Waals surface area contributed by atoms with Gasteiger partial charge in [-0.15, -0.1) is 0 Å². The van der Waals surface area contributed by atoms with Crippen LogP contribution in [0.3, 0.4) is 0 Å². The van der Waals surface area contributed by atoms with Crippen LogP contribution in [0.2, 0.25) is 0 Å². The minimum Gasteiger partial charge on any atom is -0.494 e. The molecule has 4 rings (SSSR count). The van der Waals surface area contributed by atoms with E-state index in [9.17, 15) is 14.7 Å². The Morgan fingerprint density at radius 3 is 2.45 bits per heavy atom. The summed E-state index contributed by atoms with van der Waals surface area (Å²) in [4.78, 5) is 26.7. The fraction of sp³-hybridized carbons (Fsp3) is 0.154. The van der Waals surface area contributed by atoms with Crippen molar-refractivity contribution < 1.29 is 14.6 Å². The van der Waals surface area contributed by atoms with Crippen LogP contribution in [-0.2, 0) is 24.3 Å². The summed E-state index contributed by atoms with van der Waals surface area (Å²) < 4.78 is 5.13. The summed E-state index contributed by atoms with van der Waals surface area (Å²) in [7, 11) is 1.63. The molecule has 0 saturated heterocycles. The fourth-order valence-electron chi connectivity index (χ4n) is 3.59. The van der Waals surface area contributed by atoms with Crippen LogP contribution < -0.4 is 10.2 Å². The number of hydrogen-bond donors (Lipinski definition) is 3. The molecule has 0 aliphatic rings. The Labute approximate surface area is 195 Å². The van der Waals surface area contributed by atoms with Gasteiger partial charge in [-0.25, -0.2) is 0 Å². The van der Waals surface area contributed by atoms with E-state index in [0.717, 1.165) is 39.2 Å². The van der Waals surface area contributed by atoms with Gasteiger partial charge < -0.3 is 15.2 Å². The van der Waals surface area contributed by atoms with Crippen molar-refractivity contribution in [3.63, 3.8) is 0 Å². The number of benzene rings is 3. The topological polar surface area (TPSA) is 91.4 Å². The number of aromatic nitrogens is 1. The molecule has 168 valence electrons. The number of thiazole rings is 1. The summed E-state index contributed by atoms with van der Waals surface area (Å²) in [6.07, 6.45) is 0.493. The highest BCUT2D eigenvalue weighted by Gasteiger charge is 2.09. The van der Waals surface area contributed by atoms with E-state index < -0.39 is 0 Å². The van der Waals surface area contributed by atoms with Gasteiger partial charge in [0.15, 0.2) is 0 Å². The first-order valence-corrected chi connectivity index (χ1v) is 11.3. The molecule has 0 saturated carbocycles. The molecule has 0 aliphatic heterocycles. The van der Waals surface area contributed by atoms with Gasteiger partial charge in [0.25, 0.3) is 5.91 Å². The van der Waals surface area contributed by atoms with Crippen LogP contribution in [-0.4, -0.2) is 23.1 Å². The van der Waals surface area contributed by atoms with Crippen LogP contribution in [0, 0.1) is 0 Å². The molecule has 0 bridgehead atoms. The predicted octanol–water partition coefficient (Wildman–Crippen LogP) is 4.48. The van der Waals surface area contributed by atoms with E-state index >= 15 is 0 Å². The molecule has 0 spiro atoms. The number of H-pyrrole nitrogens is 1. The van der Waals surface area contributed by atoms with Crippen molar-refractivity contribution >= 4 is 17.2 Å². The smallest absolute Gasteiger partial charge is 0.307 e. The predicted molar refractivity (Wildman–Crippen MR) is 130 cm³/mol. The number of aromatic amines is 1. The standard InChI is InChI=1S/C26H24N2O4S/c1-32-16-19-5-3-7-22(13-19)24(29)27-15-18-4-2-6-21(12-18)20-10-8-17(9-11-20)14-23-25(30)28-26(31)33-23/h2-13,30H,14-16H2,1H3,(H,27,29)(H,28,31). The maximum Gasteiger partial charge on any atom is 0.307 e. The largest absolute Gasteiger partial charge is 0.494 e. The summed E-state index contributed by atoms with van der Waals surface area (Å²) >= 11 is 1.02. The highest BCUT2D eigenvalue weighted by atomic mass is 32.1. The second kappa shape index (κ2) is 10.3. The average molecular weight is 461 g/mol. The Hall–Kier alpha value is -3.68. The first-order chi connectivity index (χ1) is 16.0. The van der Waals surface area contributed by atoms with Gasteiger partial charge in [-0.05, 0) is 46.0 Å². The number of nitrogens with one attached hydrogen (secondary N) is 2. The van der Waals surface area contributed by atoms with Crippen LogP contribution in [0.4, 0.5) is 0 Å². The number of rotatable bonds is 8. The summed E-state index contributed by atoms with van der Waals surface area (Å²) in [5, 5.41) is 12.8. The highest BCUT2D eigenvalue weighted by molar-refractivity contribution is 7.09. The Balaban J connectivity index is 1.41. The van der Waals surface area contributed by atoms with E-state index in [0.29, 0.717) is 30.0 Å². The van der Waals surface area contributed by atoms with Crippen LogP contribution in [0.15, 0.2) is 77.6 Å². The molecule has 1 heterocycles. The molecule has 7 heteroatoms. The molecule has 33 heavy (non-hydrogen) atoms. The van der Waals surface area contributed by atoms with Crippen LogP contribution in [0.25, 0.3) is 11.1 Å². The van der Waals surface area contributed by atoms with Crippen LogP contribution in [0.1, 0.15) is 31.9 Å². The summed E-state index contributed by atoms with van der Waals surface area (Å²) in [6.45, 7) is 0.888. The van der Waals surface area contributed by atoms with Crippen molar-refractivity contribution in [3.05, 3.63) is 110 Å². The third kappa shape index (κ3) is 5.77. The Morgan fingerprint density at radius 2 is 1.73 bits per heavy atom. The van der Waals surface area contributed by atoms with E-state index in [4.69, 9.17) is 4.74 Å². The van der Waals surface area contributed by atoms with Gasteiger partial charge in [0.1, 0.15) is 0 Å². The lowest BCUT2D eigenvalue weighted by Gasteiger charge is -2.09. The van der Waals surface area contributed by atoms with E-state index in [-0.39, 0.29) is 16.7 Å². The zero-order valence-electron chi connectivity index (χ0n) is 18.1. The number of carbonyl (C=O) groups excluding carboxylic acids is 1. The van der Waals surface area contributed by atoms with Crippen molar-refractivity contribution in [3.8, 4) is 17.0 Å². The third-order valence-electron chi connectivity index (χ3n) is 5.23. The Morgan fingerprint density at radius 1 is 0.970 bits per heavy atom. The third-order valence-corrected chi connectivity index (χ3v) is 6.10. The number of hydrogen-bond acceptors (Lipinski definition) is 5. The van der Waals surface area contributed by atoms with Gasteiger partial charge in [-0.3, -0.25) is 14.6 Å². The molecular formula is C26H24N2O4S. The van der Waals surface area contributed by atoms with Crippen molar-refractivity contribution in [1.82, 2.24) is 10.3 Å². The normalized spacial score (nSPS) is 10.8. The molecule has 0 aliphatic carbocycles. The van der Waals surface area contributed by atoms with Crippen LogP contribution >= 0.6 is 11.3 Å². The van der Waals surface area contributed by atoms with Gasteiger partial charge in [-0.2, -0.15) is 0 Å². The molecule has 0 unspecified atom stereocenters. The highest BCUT2D eigenvalue weighted by Crippen LogP contribution is 2.24. The maximum atomic E-state index is 12.6. The van der Waals surface area contributed by atoms with E-state index in [1.807, 2.05) is 60.7 Å². The lowest BCUT2D eigenvalue weighted by atomic mass is 10.0. The first kappa shape index (κ1) is 22.5. The molecule has 4 aromatic rings. The molecule has 6 nitrogen and oxygen atoms in total. The van der Waals surface area contributed by atoms with Crippen LogP contribution in [0.5, 0.6) is 5.88 Å². The van der Waals surface area contributed by atoms with Crippen molar-refractivity contribution in [1.29, 1.82) is 0 Å². The summed E-state index contributed by atoms with van der Waals surface area (Å²) in [5.41, 5.74) is 5.66. The minimum atomic E-state index is -0.259. The lowest BCUT2D eigenvalue weighted by molar-refractivity contribution is 0.0950. The molecule has 0 atom stereocenters. The van der Waals surface area contributed by atoms with Gasteiger partial charge >= 0.3 is 4.87 Å².